The van der Waals surface area contributed by atoms with E-state index < -0.39 is 8.24 Å². The van der Waals surface area contributed by atoms with Crippen molar-refractivity contribution >= 4 is 14.3 Å². The summed E-state index contributed by atoms with van der Waals surface area (Å²) in [5, 5.41) is 1.65. The maximum Gasteiger partial charge on any atom is 0.147 e. The van der Waals surface area contributed by atoms with E-state index >= 15 is 0 Å². The van der Waals surface area contributed by atoms with Crippen LogP contribution in [0.25, 0.3) is 6.08 Å². The molecule has 0 aromatic heterocycles. The van der Waals surface area contributed by atoms with Crippen LogP contribution in [-0.2, 0) is 6.42 Å². The molecule has 1 nitrogen and oxygen atoms in total. The SMILES string of the molecule is CCCCN[Si](C)(C)C1=Cc2ccccc2C1. The van der Waals surface area contributed by atoms with Gasteiger partial charge >= 0.3 is 0 Å². The number of unbranched alkanes of at least 4 members (excludes halogenated alkanes) is 1. The van der Waals surface area contributed by atoms with Crippen molar-refractivity contribution in [2.75, 3.05) is 6.54 Å². The summed E-state index contributed by atoms with van der Waals surface area (Å²) in [4.78, 5) is 3.81. The molecule has 92 valence electrons. The van der Waals surface area contributed by atoms with E-state index in [-0.39, 0.29) is 0 Å². The fraction of sp³-hybridized carbons (Fsp3) is 0.467. The summed E-state index contributed by atoms with van der Waals surface area (Å²) in [6.07, 6.45) is 6.14. The van der Waals surface area contributed by atoms with E-state index in [0.29, 0.717) is 0 Å². The molecule has 1 aromatic carbocycles. The fourth-order valence-corrected chi connectivity index (χ4v) is 4.55. The smallest absolute Gasteiger partial charge is 0.147 e. The molecular weight excluding hydrogens is 222 g/mol. The molecule has 0 unspecified atom stereocenters. The van der Waals surface area contributed by atoms with Crippen molar-refractivity contribution in [3.05, 3.63) is 40.6 Å². The van der Waals surface area contributed by atoms with Crippen molar-refractivity contribution in [2.45, 2.75) is 39.3 Å². The molecule has 0 amide bonds. The molecule has 2 heteroatoms. The van der Waals surface area contributed by atoms with Crippen LogP contribution in [0.1, 0.15) is 30.9 Å². The molecular formula is C15H23NSi. The predicted molar refractivity (Wildman–Crippen MR) is 78.5 cm³/mol. The Labute approximate surface area is 106 Å². The van der Waals surface area contributed by atoms with E-state index in [0.717, 1.165) is 6.42 Å². The van der Waals surface area contributed by atoms with Gasteiger partial charge in [-0.2, -0.15) is 0 Å². The molecule has 17 heavy (non-hydrogen) atoms. The second-order valence-corrected chi connectivity index (χ2v) is 9.70. The zero-order chi connectivity index (χ0) is 12.3. The average molecular weight is 245 g/mol. The molecule has 0 saturated heterocycles. The average Bonchev–Trinajstić information content (AvgIpc) is 2.73. The largest absolute Gasteiger partial charge is 0.334 e. The molecule has 1 aliphatic rings. The van der Waals surface area contributed by atoms with Gasteiger partial charge in [0.2, 0.25) is 0 Å². The molecule has 0 spiro atoms. The quantitative estimate of drug-likeness (QED) is 0.615. The molecule has 0 saturated carbocycles. The van der Waals surface area contributed by atoms with Gasteiger partial charge in [-0.25, -0.2) is 0 Å². The minimum Gasteiger partial charge on any atom is -0.334 e. The third-order valence-electron chi connectivity index (χ3n) is 3.67. The maximum absolute atomic E-state index is 3.81. The molecule has 0 radical (unpaired) electrons. The van der Waals surface area contributed by atoms with Crippen LogP contribution < -0.4 is 4.98 Å². The summed E-state index contributed by atoms with van der Waals surface area (Å²) in [6.45, 7) is 8.28. The van der Waals surface area contributed by atoms with Crippen LogP contribution in [0.2, 0.25) is 13.1 Å². The van der Waals surface area contributed by atoms with E-state index in [1.807, 2.05) is 0 Å². The highest BCUT2D eigenvalue weighted by Gasteiger charge is 2.28. The van der Waals surface area contributed by atoms with Crippen LogP contribution in [0.4, 0.5) is 0 Å². The first-order chi connectivity index (χ1) is 8.13. The first-order valence-corrected chi connectivity index (χ1v) is 9.67. The fourth-order valence-electron chi connectivity index (χ4n) is 2.37. The van der Waals surface area contributed by atoms with Gasteiger partial charge < -0.3 is 4.98 Å². The highest BCUT2D eigenvalue weighted by molar-refractivity contribution is 6.82. The number of fused-ring (bicyclic) bond motifs is 1. The Kier molecular flexibility index (Phi) is 3.85. The van der Waals surface area contributed by atoms with Gasteiger partial charge in [0.25, 0.3) is 0 Å². The van der Waals surface area contributed by atoms with Crippen molar-refractivity contribution in [3.8, 4) is 0 Å². The summed E-state index contributed by atoms with van der Waals surface area (Å²) in [5.41, 5.74) is 2.93. The molecule has 0 atom stereocenters. The standard InChI is InChI=1S/C15H23NSi/c1-4-5-10-16-17(2,3)15-11-13-8-6-7-9-14(13)12-15/h6-9,11,16H,4-5,10,12H2,1-3H3. The lowest BCUT2D eigenvalue weighted by Gasteiger charge is -2.25. The van der Waals surface area contributed by atoms with Crippen molar-refractivity contribution in [3.63, 3.8) is 0 Å². The van der Waals surface area contributed by atoms with Crippen molar-refractivity contribution in [1.29, 1.82) is 0 Å². The molecule has 0 aliphatic heterocycles. The lowest BCUT2D eigenvalue weighted by atomic mass is 10.1. The Bertz CT molecular complexity index is 421. The van der Waals surface area contributed by atoms with Crippen LogP contribution >= 0.6 is 0 Å². The van der Waals surface area contributed by atoms with Gasteiger partial charge in [0.15, 0.2) is 0 Å². The van der Waals surface area contributed by atoms with E-state index in [9.17, 15) is 0 Å². The molecule has 1 aliphatic carbocycles. The number of benzene rings is 1. The van der Waals surface area contributed by atoms with Crippen molar-refractivity contribution in [2.24, 2.45) is 0 Å². The first-order valence-electron chi connectivity index (χ1n) is 6.67. The number of rotatable bonds is 5. The van der Waals surface area contributed by atoms with Gasteiger partial charge in [0, 0.05) is 0 Å². The van der Waals surface area contributed by atoms with Gasteiger partial charge in [0.1, 0.15) is 8.24 Å². The third kappa shape index (κ3) is 2.88. The predicted octanol–water partition coefficient (Wildman–Crippen LogP) is 3.76. The summed E-state index contributed by atoms with van der Waals surface area (Å²) >= 11 is 0. The molecule has 0 bridgehead atoms. The van der Waals surface area contributed by atoms with Crippen LogP contribution in [0, 0.1) is 0 Å². The second-order valence-electron chi connectivity index (χ2n) is 5.45. The molecule has 1 N–H and O–H groups in total. The number of allylic oxidation sites excluding steroid dienone is 1. The molecule has 0 fully saturated rings. The molecule has 1 aromatic rings. The summed E-state index contributed by atoms with van der Waals surface area (Å²) in [5.74, 6) is 0. The zero-order valence-electron chi connectivity index (χ0n) is 11.2. The Morgan fingerprint density at radius 2 is 2.00 bits per heavy atom. The minimum absolute atomic E-state index is 1.16. The molecule has 0 heterocycles. The van der Waals surface area contributed by atoms with Crippen molar-refractivity contribution in [1.82, 2.24) is 4.98 Å². The number of hydrogen-bond donors (Lipinski definition) is 1. The molecule has 2 rings (SSSR count). The second kappa shape index (κ2) is 5.19. The Morgan fingerprint density at radius 3 is 2.71 bits per heavy atom. The Morgan fingerprint density at radius 1 is 1.24 bits per heavy atom. The zero-order valence-corrected chi connectivity index (χ0v) is 12.2. The van der Waals surface area contributed by atoms with Crippen LogP contribution in [0.3, 0.4) is 0 Å². The van der Waals surface area contributed by atoms with Gasteiger partial charge in [-0.1, -0.05) is 62.0 Å². The van der Waals surface area contributed by atoms with Gasteiger partial charge in [-0.15, -0.1) is 0 Å². The maximum atomic E-state index is 3.81. The van der Waals surface area contributed by atoms with Gasteiger partial charge in [-0.05, 0) is 30.5 Å². The normalized spacial score (nSPS) is 14.6. The Hall–Kier alpha value is -0.863. The van der Waals surface area contributed by atoms with Crippen LogP contribution in [-0.4, -0.2) is 14.8 Å². The van der Waals surface area contributed by atoms with Gasteiger partial charge in [0.05, 0.1) is 0 Å². The lowest BCUT2D eigenvalue weighted by molar-refractivity contribution is 0.755. The number of hydrogen-bond acceptors (Lipinski definition) is 1. The first kappa shape index (κ1) is 12.6. The van der Waals surface area contributed by atoms with E-state index in [4.69, 9.17) is 0 Å². The van der Waals surface area contributed by atoms with Crippen molar-refractivity contribution < 1.29 is 0 Å². The Balaban J connectivity index is 2.05. The van der Waals surface area contributed by atoms with Crippen LogP contribution in [0.5, 0.6) is 0 Å². The van der Waals surface area contributed by atoms with Gasteiger partial charge in [-0.3, -0.25) is 0 Å². The summed E-state index contributed by atoms with van der Waals surface area (Å²) < 4.78 is 0. The van der Waals surface area contributed by atoms with E-state index in [2.05, 4.69) is 55.3 Å². The van der Waals surface area contributed by atoms with E-state index in [1.165, 1.54) is 30.5 Å². The monoisotopic (exact) mass is 245 g/mol. The summed E-state index contributed by atoms with van der Waals surface area (Å²) in [7, 11) is -1.39. The third-order valence-corrected chi connectivity index (χ3v) is 6.73. The van der Waals surface area contributed by atoms with Crippen LogP contribution in [0.15, 0.2) is 29.5 Å². The lowest BCUT2D eigenvalue weighted by Crippen LogP contribution is -2.47. The topological polar surface area (TPSA) is 12.0 Å². The summed E-state index contributed by atoms with van der Waals surface area (Å²) in [6, 6.07) is 8.78. The highest BCUT2D eigenvalue weighted by atomic mass is 28.3. The number of nitrogens with one attached hydrogen (secondary N) is 1. The van der Waals surface area contributed by atoms with E-state index in [1.54, 1.807) is 5.20 Å². The minimum atomic E-state index is -1.39. The highest BCUT2D eigenvalue weighted by Crippen LogP contribution is 2.29.